The summed E-state index contributed by atoms with van der Waals surface area (Å²) in [5, 5.41) is 10.4. The maximum atomic E-state index is 13.8. The van der Waals surface area contributed by atoms with E-state index in [1.54, 1.807) is 0 Å². The normalized spacial score (nSPS) is 16.6. The van der Waals surface area contributed by atoms with E-state index in [2.05, 4.69) is 15.5 Å². The van der Waals surface area contributed by atoms with Gasteiger partial charge in [0.25, 0.3) is 5.91 Å². The van der Waals surface area contributed by atoms with Gasteiger partial charge in [0.05, 0.1) is 16.6 Å². The SMILES string of the molecule is CC(=O)c1ccc(S(=O)(=O)N2CCC[C@H]2c2nnc(C(=O)Nc3ccc(F)cc3F)s2)cc1. The Bertz CT molecular complexity index is 1330. The predicted molar refractivity (Wildman–Crippen MR) is 117 cm³/mol. The maximum absolute atomic E-state index is 13.8. The van der Waals surface area contributed by atoms with Crippen LogP contribution in [0.15, 0.2) is 47.4 Å². The Labute approximate surface area is 192 Å². The molecule has 0 aliphatic carbocycles. The summed E-state index contributed by atoms with van der Waals surface area (Å²) in [5.74, 6) is -2.62. The van der Waals surface area contributed by atoms with Crippen LogP contribution in [0.5, 0.6) is 0 Å². The van der Waals surface area contributed by atoms with E-state index in [9.17, 15) is 26.8 Å². The molecule has 33 heavy (non-hydrogen) atoms. The number of anilines is 1. The van der Waals surface area contributed by atoms with Gasteiger partial charge < -0.3 is 5.32 Å². The van der Waals surface area contributed by atoms with E-state index in [-0.39, 0.29) is 27.9 Å². The third-order valence-corrected chi connectivity index (χ3v) is 8.12. The maximum Gasteiger partial charge on any atom is 0.286 e. The van der Waals surface area contributed by atoms with Crippen LogP contribution in [0.25, 0.3) is 0 Å². The van der Waals surface area contributed by atoms with Crippen molar-refractivity contribution in [1.29, 1.82) is 0 Å². The van der Waals surface area contributed by atoms with Crippen molar-refractivity contribution in [2.75, 3.05) is 11.9 Å². The number of ketones is 1. The van der Waals surface area contributed by atoms with Crippen LogP contribution in [0.1, 0.15) is 51.0 Å². The molecule has 3 aromatic rings. The molecule has 172 valence electrons. The Balaban J connectivity index is 1.54. The lowest BCUT2D eigenvalue weighted by atomic mass is 10.2. The fourth-order valence-corrected chi connectivity index (χ4v) is 6.11. The zero-order valence-electron chi connectivity index (χ0n) is 17.3. The van der Waals surface area contributed by atoms with Gasteiger partial charge in [0.1, 0.15) is 16.6 Å². The first-order valence-corrected chi connectivity index (χ1v) is 12.1. The number of benzene rings is 2. The minimum Gasteiger partial charge on any atom is -0.317 e. The number of nitrogens with zero attached hydrogens (tertiary/aromatic N) is 3. The smallest absolute Gasteiger partial charge is 0.286 e. The summed E-state index contributed by atoms with van der Waals surface area (Å²) >= 11 is 0.906. The minimum absolute atomic E-state index is 0.0497. The number of hydrogen-bond acceptors (Lipinski definition) is 7. The second kappa shape index (κ2) is 9.04. The van der Waals surface area contributed by atoms with Crippen molar-refractivity contribution in [2.45, 2.75) is 30.7 Å². The molecule has 8 nitrogen and oxygen atoms in total. The molecule has 2 heterocycles. The fourth-order valence-electron chi connectivity index (χ4n) is 3.50. The Morgan fingerprint density at radius 2 is 1.85 bits per heavy atom. The van der Waals surface area contributed by atoms with E-state index in [1.165, 1.54) is 35.5 Å². The molecule has 0 bridgehead atoms. The van der Waals surface area contributed by atoms with Crippen LogP contribution >= 0.6 is 11.3 Å². The van der Waals surface area contributed by atoms with Crippen LogP contribution in [0.3, 0.4) is 0 Å². The van der Waals surface area contributed by atoms with Gasteiger partial charge >= 0.3 is 0 Å². The minimum atomic E-state index is -3.87. The van der Waals surface area contributed by atoms with Crippen molar-refractivity contribution in [3.8, 4) is 0 Å². The lowest BCUT2D eigenvalue weighted by molar-refractivity contribution is 0.101. The van der Waals surface area contributed by atoms with Crippen molar-refractivity contribution in [3.63, 3.8) is 0 Å². The number of carbonyl (C=O) groups excluding carboxylic acids is 2. The Morgan fingerprint density at radius 1 is 1.12 bits per heavy atom. The molecule has 1 aliphatic rings. The van der Waals surface area contributed by atoms with Gasteiger partial charge in [-0.15, -0.1) is 10.2 Å². The first kappa shape index (κ1) is 23.1. The second-order valence-electron chi connectivity index (χ2n) is 7.38. The molecule has 1 saturated heterocycles. The summed E-state index contributed by atoms with van der Waals surface area (Å²) in [6.07, 6.45) is 1.09. The van der Waals surface area contributed by atoms with Crippen molar-refractivity contribution in [2.24, 2.45) is 0 Å². The summed E-state index contributed by atoms with van der Waals surface area (Å²) in [7, 11) is -3.87. The molecule has 1 aliphatic heterocycles. The standard InChI is InChI=1S/C21H18F2N4O4S2/c1-12(28)13-4-7-15(8-5-13)33(30,31)27-10-2-3-18(27)20-25-26-21(32-20)19(29)24-17-9-6-14(22)11-16(17)23/h4-9,11,18H,2-3,10H2,1H3,(H,24,29)/t18-/m0/s1. The highest BCUT2D eigenvalue weighted by atomic mass is 32.2. The summed E-state index contributed by atoms with van der Waals surface area (Å²) in [5.41, 5.74) is 0.196. The van der Waals surface area contributed by atoms with Crippen LogP contribution in [-0.2, 0) is 10.0 Å². The highest BCUT2D eigenvalue weighted by Gasteiger charge is 2.38. The number of halogens is 2. The van der Waals surface area contributed by atoms with E-state index < -0.39 is 33.6 Å². The van der Waals surface area contributed by atoms with Gasteiger partial charge in [-0.1, -0.05) is 23.5 Å². The van der Waals surface area contributed by atoms with Crippen LogP contribution < -0.4 is 5.32 Å². The summed E-state index contributed by atoms with van der Waals surface area (Å²) in [4.78, 5) is 24.0. The van der Waals surface area contributed by atoms with Gasteiger partial charge in [0.2, 0.25) is 15.0 Å². The van der Waals surface area contributed by atoms with Crippen molar-refractivity contribution in [1.82, 2.24) is 14.5 Å². The number of carbonyl (C=O) groups is 2. The third-order valence-electron chi connectivity index (χ3n) is 5.17. The lowest BCUT2D eigenvalue weighted by Crippen LogP contribution is -2.30. The van der Waals surface area contributed by atoms with E-state index in [0.717, 1.165) is 23.5 Å². The number of amides is 1. The van der Waals surface area contributed by atoms with E-state index in [1.807, 2.05) is 0 Å². The monoisotopic (exact) mass is 492 g/mol. The zero-order chi connectivity index (χ0) is 23.8. The fraction of sp³-hybridized carbons (Fsp3) is 0.238. The average molecular weight is 493 g/mol. The number of sulfonamides is 1. The van der Waals surface area contributed by atoms with Crippen molar-refractivity contribution < 1.29 is 26.8 Å². The molecule has 1 amide bonds. The van der Waals surface area contributed by atoms with Gasteiger partial charge in [0.15, 0.2) is 5.78 Å². The lowest BCUT2D eigenvalue weighted by Gasteiger charge is -2.22. The third kappa shape index (κ3) is 4.68. The van der Waals surface area contributed by atoms with Crippen molar-refractivity contribution in [3.05, 3.63) is 69.7 Å². The van der Waals surface area contributed by atoms with Gasteiger partial charge in [-0.3, -0.25) is 9.59 Å². The molecule has 1 atom stereocenters. The van der Waals surface area contributed by atoms with Crippen LogP contribution in [0, 0.1) is 11.6 Å². The number of rotatable bonds is 6. The van der Waals surface area contributed by atoms with Crippen LogP contribution in [0.2, 0.25) is 0 Å². The Hall–Kier alpha value is -3.09. The molecule has 0 saturated carbocycles. The van der Waals surface area contributed by atoms with Gasteiger partial charge in [-0.2, -0.15) is 4.31 Å². The molecule has 1 N–H and O–H groups in total. The number of hydrogen-bond donors (Lipinski definition) is 1. The van der Waals surface area contributed by atoms with E-state index in [4.69, 9.17) is 0 Å². The molecular formula is C21H18F2N4O4S2. The van der Waals surface area contributed by atoms with Crippen molar-refractivity contribution >= 4 is 38.7 Å². The van der Waals surface area contributed by atoms with E-state index in [0.29, 0.717) is 29.5 Å². The number of aromatic nitrogens is 2. The van der Waals surface area contributed by atoms with Gasteiger partial charge in [0, 0.05) is 18.2 Å². The predicted octanol–water partition coefficient (Wildman–Crippen LogP) is 3.80. The molecule has 1 aromatic heterocycles. The number of Topliss-reactive ketones (excluding diaryl/α,β-unsaturated/α-hetero) is 1. The van der Waals surface area contributed by atoms with Crippen LogP contribution in [-0.4, -0.2) is 41.2 Å². The number of nitrogens with one attached hydrogen (secondary N) is 1. The van der Waals surface area contributed by atoms with Crippen LogP contribution in [0.4, 0.5) is 14.5 Å². The molecule has 4 rings (SSSR count). The highest BCUT2D eigenvalue weighted by Crippen LogP contribution is 2.37. The molecular weight excluding hydrogens is 474 g/mol. The van der Waals surface area contributed by atoms with Gasteiger partial charge in [-0.25, -0.2) is 17.2 Å². The Kier molecular flexibility index (Phi) is 6.32. The summed E-state index contributed by atoms with van der Waals surface area (Å²) < 4.78 is 54.6. The highest BCUT2D eigenvalue weighted by molar-refractivity contribution is 7.89. The zero-order valence-corrected chi connectivity index (χ0v) is 18.9. The molecule has 0 spiro atoms. The molecule has 12 heteroatoms. The summed E-state index contributed by atoms with van der Waals surface area (Å²) in [6.45, 7) is 1.66. The molecule has 0 unspecified atom stereocenters. The van der Waals surface area contributed by atoms with E-state index >= 15 is 0 Å². The average Bonchev–Trinajstić information content (AvgIpc) is 3.45. The quantitative estimate of drug-likeness (QED) is 0.525. The molecule has 0 radical (unpaired) electrons. The second-order valence-corrected chi connectivity index (χ2v) is 10.3. The molecule has 2 aromatic carbocycles. The summed E-state index contributed by atoms with van der Waals surface area (Å²) in [6, 6.07) is 7.83. The van der Waals surface area contributed by atoms with Gasteiger partial charge in [-0.05, 0) is 44.0 Å². The largest absolute Gasteiger partial charge is 0.317 e. The first-order valence-electron chi connectivity index (χ1n) is 9.89. The molecule has 1 fully saturated rings. The Morgan fingerprint density at radius 3 is 2.52 bits per heavy atom. The first-order chi connectivity index (χ1) is 15.7. The topological polar surface area (TPSA) is 109 Å².